The van der Waals surface area contributed by atoms with Crippen LogP contribution in [-0.4, -0.2) is 47.6 Å². The van der Waals surface area contributed by atoms with Crippen molar-refractivity contribution in [3.05, 3.63) is 23.4 Å². The number of aromatic nitrogens is 1. The molecule has 1 aliphatic heterocycles. The van der Waals surface area contributed by atoms with E-state index in [4.69, 9.17) is 29.6 Å². The van der Waals surface area contributed by atoms with Crippen LogP contribution in [0.2, 0.25) is 5.02 Å². The maximum atomic E-state index is 6.12. The first kappa shape index (κ1) is 12.5. The monoisotopic (exact) mass is 270 g/mol. The average molecular weight is 271 g/mol. The molecule has 0 aromatic carbocycles. The van der Waals surface area contributed by atoms with Crippen molar-refractivity contribution in [2.24, 2.45) is 5.73 Å². The summed E-state index contributed by atoms with van der Waals surface area (Å²) < 4.78 is 0. The highest BCUT2D eigenvalue weighted by molar-refractivity contribution is 7.80. The highest BCUT2D eigenvalue weighted by Gasteiger charge is 2.19. The number of hydrogen-bond donors (Lipinski definition) is 1. The van der Waals surface area contributed by atoms with Crippen molar-refractivity contribution in [2.75, 3.05) is 37.6 Å². The Morgan fingerprint density at radius 3 is 2.71 bits per heavy atom. The number of hydrogen-bond acceptors (Lipinski definition) is 4. The molecule has 0 unspecified atom stereocenters. The smallest absolute Gasteiger partial charge is 0.147 e. The van der Waals surface area contributed by atoms with Gasteiger partial charge in [0.1, 0.15) is 5.82 Å². The highest BCUT2D eigenvalue weighted by atomic mass is 35.5. The van der Waals surface area contributed by atoms with Crippen LogP contribution < -0.4 is 10.6 Å². The molecule has 0 saturated carbocycles. The highest BCUT2D eigenvalue weighted by Crippen LogP contribution is 2.23. The van der Waals surface area contributed by atoms with E-state index in [1.165, 1.54) is 0 Å². The molecule has 0 amide bonds. The second-order valence-electron chi connectivity index (χ2n) is 4.04. The minimum absolute atomic E-state index is 0.550. The molecule has 0 bridgehead atoms. The summed E-state index contributed by atoms with van der Waals surface area (Å²) in [5.74, 6) is 0.865. The molecule has 2 rings (SSSR count). The number of halogens is 1. The Labute approximate surface area is 111 Å². The molecule has 2 N–H and O–H groups in total. The zero-order valence-corrected chi connectivity index (χ0v) is 11.0. The Balaban J connectivity index is 1.95. The van der Waals surface area contributed by atoms with Gasteiger partial charge in [0.25, 0.3) is 0 Å². The van der Waals surface area contributed by atoms with Crippen LogP contribution in [0.4, 0.5) is 5.82 Å². The average Bonchev–Trinajstić information content (AvgIpc) is 2.30. The molecule has 0 spiro atoms. The van der Waals surface area contributed by atoms with E-state index in [2.05, 4.69) is 14.8 Å². The van der Waals surface area contributed by atoms with Gasteiger partial charge in [-0.2, -0.15) is 0 Å². The molecule has 2 heterocycles. The minimum atomic E-state index is 0.550. The third kappa shape index (κ3) is 3.28. The molecule has 4 nitrogen and oxygen atoms in total. The molecule has 6 heteroatoms. The Morgan fingerprint density at radius 1 is 1.41 bits per heavy atom. The number of rotatable bonds is 3. The molecule has 1 aromatic rings. The first-order valence-corrected chi connectivity index (χ1v) is 6.31. The van der Waals surface area contributed by atoms with Crippen LogP contribution >= 0.6 is 23.8 Å². The van der Waals surface area contributed by atoms with Crippen molar-refractivity contribution in [3.8, 4) is 0 Å². The number of piperazine rings is 1. The zero-order chi connectivity index (χ0) is 12.3. The molecule has 0 atom stereocenters. The van der Waals surface area contributed by atoms with Crippen molar-refractivity contribution in [3.63, 3.8) is 0 Å². The lowest BCUT2D eigenvalue weighted by atomic mass is 10.3. The summed E-state index contributed by atoms with van der Waals surface area (Å²) >= 11 is 11.0. The van der Waals surface area contributed by atoms with Gasteiger partial charge in [-0.25, -0.2) is 4.98 Å². The summed E-state index contributed by atoms with van der Waals surface area (Å²) in [6, 6.07) is 3.71. The van der Waals surface area contributed by atoms with E-state index >= 15 is 0 Å². The Morgan fingerprint density at radius 2 is 2.12 bits per heavy atom. The number of anilines is 1. The van der Waals surface area contributed by atoms with Crippen LogP contribution in [0.5, 0.6) is 0 Å². The summed E-state index contributed by atoms with van der Waals surface area (Å²) in [6.45, 7) is 4.37. The Hall–Kier alpha value is -0.910. The molecule has 0 radical (unpaired) electrons. The fraction of sp³-hybridized carbons (Fsp3) is 0.455. The normalized spacial score (nSPS) is 17.1. The predicted molar refractivity (Wildman–Crippen MR) is 74.7 cm³/mol. The third-order valence-corrected chi connectivity index (χ3v) is 3.21. The summed E-state index contributed by atoms with van der Waals surface area (Å²) in [5.41, 5.74) is 5.54. The van der Waals surface area contributed by atoms with Gasteiger partial charge in [0, 0.05) is 38.9 Å². The van der Waals surface area contributed by atoms with E-state index in [9.17, 15) is 0 Å². The Bertz CT molecular complexity index is 404. The molecule has 1 aromatic heterocycles. The molecule has 1 saturated heterocycles. The van der Waals surface area contributed by atoms with Gasteiger partial charge in [-0.15, -0.1) is 0 Å². The maximum absolute atomic E-state index is 6.12. The fourth-order valence-corrected chi connectivity index (χ4v) is 2.37. The molecule has 0 aliphatic carbocycles. The third-order valence-electron chi connectivity index (χ3n) is 2.79. The lowest BCUT2D eigenvalue weighted by Gasteiger charge is -2.35. The van der Waals surface area contributed by atoms with Crippen LogP contribution in [0.25, 0.3) is 0 Å². The van der Waals surface area contributed by atoms with Crippen LogP contribution in [0.1, 0.15) is 0 Å². The number of nitrogens with two attached hydrogens (primary N) is 1. The van der Waals surface area contributed by atoms with E-state index < -0.39 is 0 Å². The lowest BCUT2D eigenvalue weighted by molar-refractivity contribution is 0.291. The van der Waals surface area contributed by atoms with Crippen LogP contribution in [0.3, 0.4) is 0 Å². The number of thiocarbonyl (C=S) groups is 1. The molecular weight excluding hydrogens is 256 g/mol. The van der Waals surface area contributed by atoms with Crippen LogP contribution in [0.15, 0.2) is 18.3 Å². The Kier molecular flexibility index (Phi) is 4.15. The molecule has 1 fully saturated rings. The van der Waals surface area contributed by atoms with E-state index in [1.807, 2.05) is 12.1 Å². The number of nitrogens with zero attached hydrogens (tertiary/aromatic N) is 3. The summed E-state index contributed by atoms with van der Waals surface area (Å²) in [4.78, 5) is 9.30. The van der Waals surface area contributed by atoms with Crippen molar-refractivity contribution in [1.82, 2.24) is 9.88 Å². The maximum Gasteiger partial charge on any atom is 0.147 e. The topological polar surface area (TPSA) is 45.4 Å². The van der Waals surface area contributed by atoms with E-state index in [1.54, 1.807) is 6.20 Å². The van der Waals surface area contributed by atoms with Gasteiger partial charge in [0.2, 0.25) is 0 Å². The molecule has 1 aliphatic rings. The predicted octanol–water partition coefficient (Wildman–Crippen LogP) is 1.14. The SMILES string of the molecule is NC(=S)CN1CCN(c2ncccc2Cl)CC1. The first-order valence-electron chi connectivity index (χ1n) is 5.53. The van der Waals surface area contributed by atoms with Gasteiger partial charge >= 0.3 is 0 Å². The van der Waals surface area contributed by atoms with E-state index in [0.717, 1.165) is 32.0 Å². The fourth-order valence-electron chi connectivity index (χ4n) is 1.95. The van der Waals surface area contributed by atoms with Crippen molar-refractivity contribution < 1.29 is 0 Å². The van der Waals surface area contributed by atoms with Crippen molar-refractivity contribution in [2.45, 2.75) is 0 Å². The zero-order valence-electron chi connectivity index (χ0n) is 9.47. The molecule has 17 heavy (non-hydrogen) atoms. The van der Waals surface area contributed by atoms with Crippen molar-refractivity contribution in [1.29, 1.82) is 0 Å². The second-order valence-corrected chi connectivity index (χ2v) is 4.97. The van der Waals surface area contributed by atoms with Gasteiger partial charge in [0.15, 0.2) is 0 Å². The van der Waals surface area contributed by atoms with Crippen LogP contribution in [-0.2, 0) is 0 Å². The van der Waals surface area contributed by atoms with Gasteiger partial charge in [-0.1, -0.05) is 23.8 Å². The molecule has 92 valence electrons. The van der Waals surface area contributed by atoms with Gasteiger partial charge in [0.05, 0.1) is 10.0 Å². The largest absolute Gasteiger partial charge is 0.392 e. The minimum Gasteiger partial charge on any atom is -0.392 e. The lowest BCUT2D eigenvalue weighted by Crippen LogP contribution is -2.48. The van der Waals surface area contributed by atoms with E-state index in [0.29, 0.717) is 16.6 Å². The molecular formula is C11H15ClN4S. The summed E-state index contributed by atoms with van der Waals surface area (Å²) in [6.07, 6.45) is 1.77. The van der Waals surface area contributed by atoms with Gasteiger partial charge in [-0.05, 0) is 12.1 Å². The summed E-state index contributed by atoms with van der Waals surface area (Å²) in [5, 5.41) is 0.704. The standard InChI is InChI=1S/C11H15ClN4S/c12-9-2-1-3-14-11(9)16-6-4-15(5-7-16)8-10(13)17/h1-3H,4-8H2,(H2,13,17). The number of pyridine rings is 1. The quantitative estimate of drug-likeness (QED) is 0.835. The van der Waals surface area contributed by atoms with Gasteiger partial charge in [-0.3, -0.25) is 4.90 Å². The van der Waals surface area contributed by atoms with E-state index in [-0.39, 0.29) is 0 Å². The van der Waals surface area contributed by atoms with Crippen molar-refractivity contribution >= 4 is 34.6 Å². The first-order chi connectivity index (χ1) is 8.16. The summed E-state index contributed by atoms with van der Waals surface area (Å²) in [7, 11) is 0. The van der Waals surface area contributed by atoms with Crippen LogP contribution in [0, 0.1) is 0 Å². The second kappa shape index (κ2) is 5.62. The van der Waals surface area contributed by atoms with Gasteiger partial charge < -0.3 is 10.6 Å².